The van der Waals surface area contributed by atoms with Gasteiger partial charge in [-0.15, -0.1) is 0 Å². The molecule has 0 aromatic rings. The second-order valence-electron chi connectivity index (χ2n) is 9.01. The van der Waals surface area contributed by atoms with Crippen LogP contribution in [0.5, 0.6) is 0 Å². The summed E-state index contributed by atoms with van der Waals surface area (Å²) in [5, 5.41) is 0. The fourth-order valence-corrected chi connectivity index (χ4v) is 5.54. The third kappa shape index (κ3) is 21.4. The van der Waals surface area contributed by atoms with Gasteiger partial charge < -0.3 is 9.05 Å². The molecule has 30 heavy (non-hydrogen) atoms. The molecule has 0 atom stereocenters. The number of rotatable bonds is 25. The molecule has 0 saturated heterocycles. The van der Waals surface area contributed by atoms with Gasteiger partial charge in [-0.3, -0.25) is 4.57 Å². The van der Waals surface area contributed by atoms with Gasteiger partial charge in [-0.25, -0.2) is 0 Å². The van der Waals surface area contributed by atoms with Crippen LogP contribution in [0.4, 0.5) is 0 Å². The molecule has 0 fully saturated rings. The molecule has 0 heterocycles. The molecule has 0 radical (unpaired) electrons. The molecule has 4 heteroatoms. The molecule has 0 bridgehead atoms. The minimum atomic E-state index is -2.91. The summed E-state index contributed by atoms with van der Waals surface area (Å²) in [4.78, 5) is 0. The second-order valence-corrected chi connectivity index (χ2v) is 11.2. The third-order valence-corrected chi connectivity index (χ3v) is 7.87. The van der Waals surface area contributed by atoms with Crippen LogP contribution < -0.4 is 0 Å². The SMILES string of the molecule is CCCCCCCCCCP(=O)(OCCCCCCCC)OCCCCCCCC. The van der Waals surface area contributed by atoms with Gasteiger partial charge in [0.15, 0.2) is 0 Å². The third-order valence-electron chi connectivity index (χ3n) is 5.86. The Balaban J connectivity index is 4.05. The molecule has 3 nitrogen and oxygen atoms in total. The van der Waals surface area contributed by atoms with Crippen molar-refractivity contribution in [2.75, 3.05) is 19.4 Å². The standard InChI is InChI=1S/C26H55O3P/c1-4-7-10-13-16-17-20-23-26-30(27,28-24-21-18-14-11-8-5-2)29-25-22-19-15-12-9-6-3/h4-26H2,1-3H3. The van der Waals surface area contributed by atoms with E-state index >= 15 is 0 Å². The van der Waals surface area contributed by atoms with Crippen molar-refractivity contribution in [3.05, 3.63) is 0 Å². The summed E-state index contributed by atoms with van der Waals surface area (Å²) in [6, 6.07) is 0. The van der Waals surface area contributed by atoms with E-state index in [9.17, 15) is 4.57 Å². The summed E-state index contributed by atoms with van der Waals surface area (Å²) < 4.78 is 25.0. The first-order valence-corrected chi connectivity index (χ1v) is 15.3. The highest BCUT2D eigenvalue weighted by atomic mass is 31.2. The molecule has 0 N–H and O–H groups in total. The van der Waals surface area contributed by atoms with Gasteiger partial charge in [0.1, 0.15) is 0 Å². The van der Waals surface area contributed by atoms with Gasteiger partial charge in [-0.1, -0.05) is 130 Å². The maximum Gasteiger partial charge on any atom is 0.330 e. The van der Waals surface area contributed by atoms with Crippen LogP contribution in [0, 0.1) is 0 Å². The van der Waals surface area contributed by atoms with Gasteiger partial charge in [0.05, 0.1) is 19.4 Å². The summed E-state index contributed by atoms with van der Waals surface area (Å²) in [6.07, 6.45) is 25.3. The van der Waals surface area contributed by atoms with Crippen molar-refractivity contribution in [3.8, 4) is 0 Å². The largest absolute Gasteiger partial charge is 0.330 e. The zero-order valence-electron chi connectivity index (χ0n) is 20.9. The van der Waals surface area contributed by atoms with E-state index in [4.69, 9.17) is 9.05 Å². The topological polar surface area (TPSA) is 35.5 Å². The number of hydrogen-bond acceptors (Lipinski definition) is 3. The second kappa shape index (κ2) is 23.8. The van der Waals surface area contributed by atoms with Crippen LogP contribution >= 0.6 is 7.60 Å². The van der Waals surface area contributed by atoms with Gasteiger partial charge in [-0.05, 0) is 19.3 Å². The maximum atomic E-state index is 13.2. The minimum absolute atomic E-state index is 0.594. The summed E-state index contributed by atoms with van der Waals surface area (Å²) in [6.45, 7) is 7.93. The Morgan fingerprint density at radius 3 is 1.10 bits per heavy atom. The first-order chi connectivity index (χ1) is 14.7. The number of hydrogen-bond donors (Lipinski definition) is 0. The van der Waals surface area contributed by atoms with E-state index in [-0.39, 0.29) is 0 Å². The number of unbranched alkanes of at least 4 members (excludes halogenated alkanes) is 17. The fraction of sp³-hybridized carbons (Fsp3) is 1.00. The van der Waals surface area contributed by atoms with Crippen LogP contribution in [0.15, 0.2) is 0 Å². The molecular weight excluding hydrogens is 391 g/mol. The Morgan fingerprint density at radius 1 is 0.433 bits per heavy atom. The average Bonchev–Trinajstić information content (AvgIpc) is 2.74. The Morgan fingerprint density at radius 2 is 0.733 bits per heavy atom. The predicted octanol–water partition coefficient (Wildman–Crippen LogP) is 10.1. The van der Waals surface area contributed by atoms with Gasteiger partial charge in [-0.2, -0.15) is 0 Å². The highest BCUT2D eigenvalue weighted by Crippen LogP contribution is 2.49. The van der Waals surface area contributed by atoms with Crippen molar-refractivity contribution in [1.82, 2.24) is 0 Å². The quantitative estimate of drug-likeness (QED) is 0.103. The lowest BCUT2D eigenvalue weighted by Gasteiger charge is -2.19. The molecule has 0 spiro atoms. The lowest BCUT2D eigenvalue weighted by molar-refractivity contribution is 0.197. The maximum absolute atomic E-state index is 13.2. The van der Waals surface area contributed by atoms with Crippen molar-refractivity contribution in [3.63, 3.8) is 0 Å². The van der Waals surface area contributed by atoms with Gasteiger partial charge in [0.2, 0.25) is 0 Å². The van der Waals surface area contributed by atoms with Crippen molar-refractivity contribution in [2.24, 2.45) is 0 Å². The molecule has 0 aliphatic rings. The molecule has 182 valence electrons. The molecular formula is C26H55O3P. The Labute approximate surface area is 190 Å². The van der Waals surface area contributed by atoms with E-state index < -0.39 is 7.60 Å². The Bertz CT molecular complexity index is 351. The van der Waals surface area contributed by atoms with Crippen LogP contribution in [-0.4, -0.2) is 19.4 Å². The highest BCUT2D eigenvalue weighted by Gasteiger charge is 2.23. The smallest absolute Gasteiger partial charge is 0.309 e. The zero-order chi connectivity index (χ0) is 22.2. The predicted molar refractivity (Wildman–Crippen MR) is 134 cm³/mol. The van der Waals surface area contributed by atoms with Crippen molar-refractivity contribution in [2.45, 2.75) is 149 Å². The van der Waals surface area contributed by atoms with E-state index in [1.54, 1.807) is 0 Å². The van der Waals surface area contributed by atoms with Crippen LogP contribution in [0.3, 0.4) is 0 Å². The van der Waals surface area contributed by atoms with Crippen LogP contribution in [0.25, 0.3) is 0 Å². The van der Waals surface area contributed by atoms with Gasteiger partial charge >= 0.3 is 7.60 Å². The average molecular weight is 447 g/mol. The zero-order valence-corrected chi connectivity index (χ0v) is 21.8. The normalized spacial score (nSPS) is 12.0. The Kier molecular flexibility index (Phi) is 23.9. The van der Waals surface area contributed by atoms with Crippen molar-refractivity contribution >= 4 is 7.60 Å². The van der Waals surface area contributed by atoms with Gasteiger partial charge in [0.25, 0.3) is 0 Å². The molecule has 0 unspecified atom stereocenters. The summed E-state index contributed by atoms with van der Waals surface area (Å²) in [7, 11) is -2.91. The van der Waals surface area contributed by atoms with Crippen molar-refractivity contribution in [1.29, 1.82) is 0 Å². The van der Waals surface area contributed by atoms with E-state index in [0.717, 1.165) is 25.7 Å². The van der Waals surface area contributed by atoms with Crippen LogP contribution in [0.1, 0.15) is 149 Å². The first kappa shape index (κ1) is 30.1. The molecule has 0 saturated carbocycles. The van der Waals surface area contributed by atoms with E-state index in [1.807, 2.05) is 0 Å². The molecule has 0 aromatic carbocycles. The molecule has 0 amide bonds. The summed E-state index contributed by atoms with van der Waals surface area (Å²) in [5.41, 5.74) is 0. The van der Waals surface area contributed by atoms with Crippen LogP contribution in [0.2, 0.25) is 0 Å². The van der Waals surface area contributed by atoms with E-state index in [0.29, 0.717) is 19.4 Å². The molecule has 0 aliphatic heterocycles. The Hall–Kier alpha value is 0.150. The van der Waals surface area contributed by atoms with Crippen LogP contribution in [-0.2, 0) is 13.6 Å². The van der Waals surface area contributed by atoms with Gasteiger partial charge in [0, 0.05) is 0 Å². The molecule has 0 aliphatic carbocycles. The van der Waals surface area contributed by atoms with Crippen molar-refractivity contribution < 1.29 is 13.6 Å². The summed E-state index contributed by atoms with van der Waals surface area (Å²) in [5.74, 6) is 0. The monoisotopic (exact) mass is 446 g/mol. The minimum Gasteiger partial charge on any atom is -0.309 e. The highest BCUT2D eigenvalue weighted by molar-refractivity contribution is 7.53. The fourth-order valence-electron chi connectivity index (χ4n) is 3.78. The summed E-state index contributed by atoms with van der Waals surface area (Å²) >= 11 is 0. The lowest BCUT2D eigenvalue weighted by Crippen LogP contribution is -2.04. The van der Waals surface area contributed by atoms with E-state index in [2.05, 4.69) is 20.8 Å². The molecule has 0 rings (SSSR count). The van der Waals surface area contributed by atoms with E-state index in [1.165, 1.54) is 103 Å². The lowest BCUT2D eigenvalue weighted by atomic mass is 10.1. The first-order valence-electron chi connectivity index (χ1n) is 13.6. The molecule has 0 aromatic heterocycles.